The molecule has 8 nitrogen and oxygen atoms in total. The predicted molar refractivity (Wildman–Crippen MR) is 279 cm³/mol. The van der Waals surface area contributed by atoms with Gasteiger partial charge < -0.3 is 20.4 Å². The smallest absolute Gasteiger partial charge is 0.872 e. The number of aliphatic imine (C=N–C) groups is 4. The molecule has 0 aromatic heterocycles. The molecule has 0 aliphatic rings. The molecule has 368 valence electrons. The van der Waals surface area contributed by atoms with Gasteiger partial charge in [0.05, 0.1) is 22.8 Å². The Balaban J connectivity index is 0.000000260. The molecular weight excluding hydrogens is 982 g/mol. The van der Waals surface area contributed by atoms with Crippen LogP contribution >= 0.6 is 0 Å². The summed E-state index contributed by atoms with van der Waals surface area (Å²) in [4.78, 5) is 19.7. The first-order valence-corrected chi connectivity index (χ1v) is 23.3. The molecular formula is C62H56N4Ni2O4. The molecule has 8 rings (SSSR count). The summed E-state index contributed by atoms with van der Waals surface area (Å²) in [6.45, 7) is 10.3. The summed E-state index contributed by atoms with van der Waals surface area (Å²) < 4.78 is 0. The molecule has 0 unspecified atom stereocenters. The fraction of sp³-hybridized carbons (Fsp3) is 0.161. The Morgan fingerprint density at radius 3 is 0.625 bits per heavy atom. The van der Waals surface area contributed by atoms with Gasteiger partial charge in [-0.15, -0.1) is 0 Å². The maximum atomic E-state index is 12.6. The number of benzene rings is 8. The van der Waals surface area contributed by atoms with Gasteiger partial charge in [0.15, 0.2) is 0 Å². The zero-order valence-corrected chi connectivity index (χ0v) is 42.6. The monoisotopic (exact) mass is 1040 g/mol. The van der Waals surface area contributed by atoms with Crippen LogP contribution in [0.3, 0.4) is 0 Å². The van der Waals surface area contributed by atoms with Crippen molar-refractivity contribution in [3.05, 3.63) is 263 Å². The predicted octanol–water partition coefficient (Wildman–Crippen LogP) is 10.5. The Morgan fingerprint density at radius 2 is 0.444 bits per heavy atom. The third kappa shape index (κ3) is 15.3. The Labute approximate surface area is 444 Å². The molecule has 0 saturated carbocycles. The summed E-state index contributed by atoms with van der Waals surface area (Å²) in [5.74, 6) is -0.206. The standard InChI is InChI=1S/2C31H30N2O2.2Ni/c2*1-31(2,21-32-29(23-13-5-3-6-14-23)25-17-9-11-19-27(25)34)22-33-30(24-15-7-4-8-16-24)26-18-10-12-20-28(26)35;;/h2*3-20,34-35H,21-22H2,1-2H3;;/q;;2*+2/p-4. The second kappa shape index (κ2) is 26.7. The van der Waals surface area contributed by atoms with Gasteiger partial charge in [-0.2, -0.15) is 0 Å². The molecule has 8 aromatic carbocycles. The van der Waals surface area contributed by atoms with Gasteiger partial charge in [-0.05, 0) is 22.3 Å². The molecule has 0 radical (unpaired) electrons. The van der Waals surface area contributed by atoms with Crippen molar-refractivity contribution in [2.24, 2.45) is 30.8 Å². The molecule has 0 fully saturated rings. The van der Waals surface area contributed by atoms with Gasteiger partial charge in [0.1, 0.15) is 0 Å². The van der Waals surface area contributed by atoms with E-state index < -0.39 is 0 Å². The Kier molecular flexibility index (Phi) is 20.6. The Hall–Kier alpha value is -7.37. The second-order valence-corrected chi connectivity index (χ2v) is 18.4. The van der Waals surface area contributed by atoms with Crippen molar-refractivity contribution in [2.75, 3.05) is 26.2 Å². The van der Waals surface area contributed by atoms with Gasteiger partial charge in [-0.1, -0.05) is 269 Å². The quantitative estimate of drug-likeness (QED) is 0.0702. The fourth-order valence-electron chi connectivity index (χ4n) is 7.63. The molecule has 72 heavy (non-hydrogen) atoms. The van der Waals surface area contributed by atoms with Crippen LogP contribution in [0.2, 0.25) is 0 Å². The van der Waals surface area contributed by atoms with Crippen LogP contribution < -0.4 is 20.4 Å². The molecule has 0 heterocycles. The van der Waals surface area contributed by atoms with Crippen LogP contribution in [0.15, 0.2) is 238 Å². The summed E-state index contributed by atoms with van der Waals surface area (Å²) in [5, 5.41) is 50.3. The molecule has 0 aliphatic carbocycles. The van der Waals surface area contributed by atoms with Crippen molar-refractivity contribution in [1.29, 1.82) is 0 Å². The van der Waals surface area contributed by atoms with Gasteiger partial charge in [-0.25, -0.2) is 0 Å². The average molecular weight is 1040 g/mol. The van der Waals surface area contributed by atoms with E-state index in [1.54, 1.807) is 48.5 Å². The van der Waals surface area contributed by atoms with Crippen LogP contribution in [-0.2, 0) is 33.0 Å². The van der Waals surface area contributed by atoms with Gasteiger partial charge in [-0.3, -0.25) is 20.0 Å². The Morgan fingerprint density at radius 1 is 0.278 bits per heavy atom. The zero-order chi connectivity index (χ0) is 49.4. The summed E-state index contributed by atoms with van der Waals surface area (Å²) in [6, 6.07) is 67.0. The van der Waals surface area contributed by atoms with E-state index in [2.05, 4.69) is 27.7 Å². The zero-order valence-electron chi connectivity index (χ0n) is 40.7. The van der Waals surface area contributed by atoms with Gasteiger partial charge in [0.2, 0.25) is 0 Å². The Bertz CT molecular complexity index is 2670. The van der Waals surface area contributed by atoms with Crippen molar-refractivity contribution in [3.63, 3.8) is 0 Å². The van der Waals surface area contributed by atoms with E-state index in [1.807, 2.05) is 170 Å². The van der Waals surface area contributed by atoms with Crippen molar-refractivity contribution in [3.8, 4) is 23.0 Å². The fourth-order valence-corrected chi connectivity index (χ4v) is 7.63. The number of rotatable bonds is 16. The molecule has 0 bridgehead atoms. The molecule has 0 amide bonds. The van der Waals surface area contributed by atoms with Crippen LogP contribution in [0, 0.1) is 10.8 Å². The van der Waals surface area contributed by atoms with Gasteiger partial charge in [0.25, 0.3) is 0 Å². The molecule has 0 N–H and O–H groups in total. The molecule has 0 spiro atoms. The topological polar surface area (TPSA) is 142 Å². The number of hydrogen-bond donors (Lipinski definition) is 0. The van der Waals surface area contributed by atoms with Crippen LogP contribution in [0.4, 0.5) is 0 Å². The van der Waals surface area contributed by atoms with E-state index in [-0.39, 0.29) is 66.8 Å². The maximum Gasteiger partial charge on any atom is 2.00 e. The molecule has 0 saturated heterocycles. The first-order chi connectivity index (χ1) is 33.9. The van der Waals surface area contributed by atoms with E-state index in [4.69, 9.17) is 20.0 Å². The van der Waals surface area contributed by atoms with Crippen LogP contribution in [0.1, 0.15) is 72.2 Å². The number of hydrogen-bond acceptors (Lipinski definition) is 8. The maximum absolute atomic E-state index is 12.6. The minimum Gasteiger partial charge on any atom is -0.872 e. The van der Waals surface area contributed by atoms with Gasteiger partial charge in [0, 0.05) is 59.3 Å². The molecule has 10 heteroatoms. The van der Waals surface area contributed by atoms with Crippen LogP contribution in [-0.4, -0.2) is 49.0 Å². The number of nitrogens with zero attached hydrogens (tertiary/aromatic N) is 4. The largest absolute Gasteiger partial charge is 2.00 e. The third-order valence-corrected chi connectivity index (χ3v) is 11.4. The van der Waals surface area contributed by atoms with Crippen molar-refractivity contribution in [1.82, 2.24) is 0 Å². The summed E-state index contributed by atoms with van der Waals surface area (Å²) in [6.07, 6.45) is 0. The summed E-state index contributed by atoms with van der Waals surface area (Å²) in [5.41, 5.74) is 8.07. The summed E-state index contributed by atoms with van der Waals surface area (Å²) in [7, 11) is 0. The van der Waals surface area contributed by atoms with Crippen LogP contribution in [0.25, 0.3) is 0 Å². The number of para-hydroxylation sites is 4. The molecule has 0 aliphatic heterocycles. The van der Waals surface area contributed by atoms with Crippen LogP contribution in [0.5, 0.6) is 23.0 Å². The normalized spacial score (nSPS) is 12.2. The third-order valence-electron chi connectivity index (χ3n) is 11.4. The first-order valence-electron chi connectivity index (χ1n) is 23.3. The second-order valence-electron chi connectivity index (χ2n) is 18.4. The first kappa shape index (κ1) is 55.6. The van der Waals surface area contributed by atoms with Crippen molar-refractivity contribution >= 4 is 22.8 Å². The molecule has 8 aromatic rings. The van der Waals surface area contributed by atoms with E-state index in [9.17, 15) is 20.4 Å². The van der Waals surface area contributed by atoms with Crippen molar-refractivity contribution in [2.45, 2.75) is 27.7 Å². The SMILES string of the molecule is CC(C)(CN=C(c1ccccc1)c1ccccc1[O-])CN=C(c1ccccc1)c1ccccc1[O-].CC(C)(CN=C(c1ccccc1)c1ccccc1[O-])CN=C(c1ccccc1)c1ccccc1[O-].[Ni+2].[Ni+2]. The average Bonchev–Trinajstić information content (AvgIpc) is 3.38. The van der Waals surface area contributed by atoms with E-state index >= 15 is 0 Å². The van der Waals surface area contributed by atoms with E-state index in [0.717, 1.165) is 22.3 Å². The van der Waals surface area contributed by atoms with E-state index in [0.29, 0.717) is 71.3 Å². The van der Waals surface area contributed by atoms with Crippen molar-refractivity contribution < 1.29 is 53.4 Å². The van der Waals surface area contributed by atoms with Gasteiger partial charge >= 0.3 is 33.0 Å². The van der Waals surface area contributed by atoms with E-state index in [1.165, 1.54) is 0 Å². The minimum absolute atomic E-state index is 0. The molecule has 0 atom stereocenters. The summed E-state index contributed by atoms with van der Waals surface area (Å²) >= 11 is 0. The minimum atomic E-state index is -0.310.